The number of aromatic nitrogens is 1. The Labute approximate surface area is 176 Å². The molecule has 0 bridgehead atoms. The van der Waals surface area contributed by atoms with E-state index in [0.29, 0.717) is 0 Å². The summed E-state index contributed by atoms with van der Waals surface area (Å²) < 4.78 is 0. The fourth-order valence-corrected chi connectivity index (χ4v) is 5.57. The maximum absolute atomic E-state index is 6.01. The van der Waals surface area contributed by atoms with Crippen molar-refractivity contribution in [2.24, 2.45) is 0 Å². The Morgan fingerprint density at radius 2 is 1.79 bits per heavy atom. The van der Waals surface area contributed by atoms with Gasteiger partial charge in [-0.05, 0) is 59.4 Å². The Morgan fingerprint density at radius 3 is 2.46 bits per heavy atom. The minimum absolute atomic E-state index is 0.154. The van der Waals surface area contributed by atoms with Gasteiger partial charge in [0.1, 0.15) is 4.99 Å². The van der Waals surface area contributed by atoms with Crippen LogP contribution in [0.2, 0.25) is 0 Å². The molecular formula is C24H24N2S2. The Hall–Kier alpha value is -2.04. The van der Waals surface area contributed by atoms with Gasteiger partial charge in [-0.1, -0.05) is 51.2 Å². The van der Waals surface area contributed by atoms with E-state index in [4.69, 9.17) is 17.2 Å². The molecule has 1 aliphatic heterocycles. The quantitative estimate of drug-likeness (QED) is 0.467. The normalized spacial score (nSPS) is 15.8. The van der Waals surface area contributed by atoms with Gasteiger partial charge in [0, 0.05) is 27.4 Å². The molecule has 142 valence electrons. The number of rotatable bonds is 2. The molecule has 2 nitrogen and oxygen atoms in total. The average molecular weight is 405 g/mol. The van der Waals surface area contributed by atoms with Crippen molar-refractivity contribution in [3.63, 3.8) is 0 Å². The lowest BCUT2D eigenvalue weighted by atomic mass is 9.87. The zero-order valence-electron chi connectivity index (χ0n) is 16.6. The Morgan fingerprint density at radius 1 is 1.00 bits per heavy atom. The number of fused-ring (bicyclic) bond motifs is 2. The molecule has 2 aliphatic rings. The number of pyridine rings is 1. The number of nitrogens with zero attached hydrogens (tertiary/aromatic N) is 2. The highest BCUT2D eigenvalue weighted by atomic mass is 32.1. The predicted molar refractivity (Wildman–Crippen MR) is 123 cm³/mol. The van der Waals surface area contributed by atoms with Gasteiger partial charge >= 0.3 is 0 Å². The van der Waals surface area contributed by atoms with Crippen molar-refractivity contribution in [1.29, 1.82) is 0 Å². The summed E-state index contributed by atoms with van der Waals surface area (Å²) in [5.41, 5.74) is 9.06. The number of thiophene rings is 1. The highest BCUT2D eigenvalue weighted by Gasteiger charge is 2.34. The molecule has 1 aromatic carbocycles. The number of hydrogen-bond donors (Lipinski definition) is 0. The van der Waals surface area contributed by atoms with Crippen LogP contribution in [0.5, 0.6) is 0 Å². The van der Waals surface area contributed by atoms with Crippen molar-refractivity contribution >= 4 is 34.2 Å². The molecule has 5 rings (SSSR count). The minimum Gasteiger partial charge on any atom is -0.326 e. The summed E-state index contributed by atoms with van der Waals surface area (Å²) in [4.78, 5) is 9.56. The lowest BCUT2D eigenvalue weighted by Gasteiger charge is -2.22. The summed E-state index contributed by atoms with van der Waals surface area (Å²) in [5.74, 6) is 0. The van der Waals surface area contributed by atoms with E-state index in [1.54, 1.807) is 11.3 Å². The molecule has 3 aromatic rings. The maximum Gasteiger partial charge on any atom is 0.116 e. The van der Waals surface area contributed by atoms with Crippen LogP contribution in [0.25, 0.3) is 10.4 Å². The highest BCUT2D eigenvalue weighted by molar-refractivity contribution is 7.81. The van der Waals surface area contributed by atoms with E-state index < -0.39 is 0 Å². The number of anilines is 1. The molecule has 0 unspecified atom stereocenters. The highest BCUT2D eigenvalue weighted by Crippen LogP contribution is 2.42. The van der Waals surface area contributed by atoms with Crippen LogP contribution >= 0.6 is 23.6 Å². The van der Waals surface area contributed by atoms with Crippen LogP contribution in [0.15, 0.2) is 41.8 Å². The molecule has 0 amide bonds. The van der Waals surface area contributed by atoms with Crippen LogP contribution in [0.4, 0.5) is 5.69 Å². The molecule has 0 radical (unpaired) electrons. The smallest absolute Gasteiger partial charge is 0.116 e. The van der Waals surface area contributed by atoms with Crippen LogP contribution in [0, 0.1) is 0 Å². The number of thiocarbonyl (C=S) groups is 1. The molecule has 3 heterocycles. The summed E-state index contributed by atoms with van der Waals surface area (Å²) >= 11 is 7.81. The standard InChI is InChI=1S/C24H24N2S2/c1-24(2,3)15-9-11-16(12-10-15)26-14-19-22(23(26)27)21(20-8-5-13-28-20)17-6-4-7-18(17)25-19/h5,8-13H,4,6-7,14H2,1-3H3. The molecule has 0 atom stereocenters. The Kier molecular flexibility index (Phi) is 4.18. The van der Waals surface area contributed by atoms with Crippen LogP contribution in [-0.4, -0.2) is 9.97 Å². The average Bonchev–Trinajstić information content (AvgIpc) is 3.40. The van der Waals surface area contributed by atoms with E-state index >= 15 is 0 Å². The minimum atomic E-state index is 0.154. The zero-order valence-corrected chi connectivity index (χ0v) is 18.2. The van der Waals surface area contributed by atoms with Crippen molar-refractivity contribution in [2.45, 2.75) is 52.0 Å². The maximum atomic E-state index is 6.01. The van der Waals surface area contributed by atoms with Crippen molar-refractivity contribution in [3.05, 3.63) is 69.9 Å². The molecule has 0 saturated carbocycles. The van der Waals surface area contributed by atoms with Crippen LogP contribution in [0.3, 0.4) is 0 Å². The third kappa shape index (κ3) is 2.82. The summed E-state index contributed by atoms with van der Waals surface area (Å²) in [6.07, 6.45) is 3.41. The molecule has 0 spiro atoms. The van der Waals surface area contributed by atoms with Gasteiger partial charge in [-0.3, -0.25) is 4.98 Å². The van der Waals surface area contributed by atoms with Gasteiger partial charge in [0.15, 0.2) is 0 Å². The van der Waals surface area contributed by atoms with E-state index in [-0.39, 0.29) is 5.41 Å². The van der Waals surface area contributed by atoms with Gasteiger partial charge < -0.3 is 4.90 Å². The van der Waals surface area contributed by atoms with Crippen LogP contribution in [0.1, 0.15) is 55.3 Å². The van der Waals surface area contributed by atoms with Gasteiger partial charge in [0.05, 0.1) is 12.2 Å². The van der Waals surface area contributed by atoms with Crippen molar-refractivity contribution < 1.29 is 0 Å². The summed E-state index contributed by atoms with van der Waals surface area (Å²) in [6.45, 7) is 7.51. The van der Waals surface area contributed by atoms with Crippen LogP contribution < -0.4 is 4.90 Å². The largest absolute Gasteiger partial charge is 0.326 e. The molecule has 0 N–H and O–H groups in total. The van der Waals surface area contributed by atoms with E-state index in [0.717, 1.165) is 35.8 Å². The second-order valence-corrected chi connectivity index (χ2v) is 10.1. The summed E-state index contributed by atoms with van der Waals surface area (Å²) in [5, 5.41) is 2.16. The molecule has 0 saturated heterocycles. The first-order valence-corrected chi connectivity index (χ1v) is 11.2. The molecule has 1 aliphatic carbocycles. The monoisotopic (exact) mass is 404 g/mol. The zero-order chi connectivity index (χ0) is 19.5. The number of hydrogen-bond acceptors (Lipinski definition) is 3. The van der Waals surface area contributed by atoms with Crippen LogP contribution in [-0.2, 0) is 24.8 Å². The fourth-order valence-electron chi connectivity index (χ4n) is 4.38. The molecule has 4 heteroatoms. The SMILES string of the molecule is CC(C)(C)c1ccc(N2Cc3nc4c(c(-c5cccs5)c3C2=S)CCC4)cc1. The molecule has 28 heavy (non-hydrogen) atoms. The second-order valence-electron chi connectivity index (χ2n) is 8.75. The van der Waals surface area contributed by atoms with Gasteiger partial charge in [-0.2, -0.15) is 0 Å². The van der Waals surface area contributed by atoms with Gasteiger partial charge in [-0.25, -0.2) is 0 Å². The molecule has 0 fully saturated rings. The third-order valence-corrected chi connectivity index (χ3v) is 7.19. The first kappa shape index (κ1) is 18.0. The lowest BCUT2D eigenvalue weighted by Crippen LogP contribution is -2.22. The topological polar surface area (TPSA) is 16.1 Å². The fraction of sp³-hybridized carbons (Fsp3) is 0.333. The van der Waals surface area contributed by atoms with E-state index in [1.165, 1.54) is 39.2 Å². The van der Waals surface area contributed by atoms with E-state index in [2.05, 4.69) is 67.4 Å². The molecular weight excluding hydrogens is 380 g/mol. The second kappa shape index (κ2) is 6.50. The van der Waals surface area contributed by atoms with Gasteiger partial charge in [0.25, 0.3) is 0 Å². The number of benzene rings is 1. The van der Waals surface area contributed by atoms with Crippen molar-refractivity contribution in [1.82, 2.24) is 4.98 Å². The Bertz CT molecular complexity index is 1060. The van der Waals surface area contributed by atoms with Crippen molar-refractivity contribution in [2.75, 3.05) is 4.90 Å². The first-order chi connectivity index (χ1) is 13.4. The summed E-state index contributed by atoms with van der Waals surface area (Å²) in [6, 6.07) is 13.2. The van der Waals surface area contributed by atoms with Gasteiger partial charge in [-0.15, -0.1) is 11.3 Å². The molecule has 2 aromatic heterocycles. The first-order valence-electron chi connectivity index (χ1n) is 9.94. The summed E-state index contributed by atoms with van der Waals surface area (Å²) in [7, 11) is 0. The third-order valence-electron chi connectivity index (χ3n) is 5.88. The van der Waals surface area contributed by atoms with E-state index in [9.17, 15) is 0 Å². The van der Waals surface area contributed by atoms with Gasteiger partial charge in [0.2, 0.25) is 0 Å². The Balaban J connectivity index is 1.59. The predicted octanol–water partition coefficient (Wildman–Crippen LogP) is 6.29. The van der Waals surface area contributed by atoms with Crippen molar-refractivity contribution in [3.8, 4) is 10.4 Å². The number of aryl methyl sites for hydroxylation is 1. The lowest BCUT2D eigenvalue weighted by molar-refractivity contribution is 0.590. The van der Waals surface area contributed by atoms with E-state index in [1.807, 2.05) is 0 Å².